The highest BCUT2D eigenvalue weighted by molar-refractivity contribution is 6.30. The molecule has 0 unspecified atom stereocenters. The lowest BCUT2D eigenvalue weighted by molar-refractivity contribution is 0.470. The van der Waals surface area contributed by atoms with Gasteiger partial charge in [0, 0.05) is 0 Å². The number of benzene rings is 1. The number of aromatic hydroxyl groups is 1. The van der Waals surface area contributed by atoms with Crippen LogP contribution in [0.4, 0.5) is 8.78 Å². The molecule has 0 fully saturated rings. The van der Waals surface area contributed by atoms with E-state index in [2.05, 4.69) is 4.98 Å². The van der Waals surface area contributed by atoms with Crippen molar-refractivity contribution in [3.05, 3.63) is 46.6 Å². The fourth-order valence-corrected chi connectivity index (χ4v) is 1.65. The summed E-state index contributed by atoms with van der Waals surface area (Å²) in [5, 5.41) is 17.9. The van der Waals surface area contributed by atoms with Gasteiger partial charge in [0.1, 0.15) is 28.5 Å². The molecule has 0 aliphatic rings. The second-order valence-corrected chi connectivity index (χ2v) is 3.76. The first-order valence-corrected chi connectivity index (χ1v) is 5.16. The number of hydrogen-bond donors (Lipinski definition) is 1. The quantitative estimate of drug-likeness (QED) is 0.806. The van der Waals surface area contributed by atoms with Crippen LogP contribution in [0.1, 0.15) is 5.56 Å². The minimum Gasteiger partial charge on any atom is -0.507 e. The monoisotopic (exact) mass is 266 g/mol. The Balaban J connectivity index is 2.73. The summed E-state index contributed by atoms with van der Waals surface area (Å²) in [6.07, 6.45) is 0. The fraction of sp³-hybridized carbons (Fsp3) is 0. The van der Waals surface area contributed by atoms with Crippen LogP contribution in [0, 0.1) is 23.0 Å². The van der Waals surface area contributed by atoms with Gasteiger partial charge in [-0.25, -0.2) is 13.8 Å². The Labute approximate surface area is 106 Å². The third-order valence-electron chi connectivity index (χ3n) is 2.28. The number of pyridine rings is 1. The van der Waals surface area contributed by atoms with E-state index in [1.807, 2.05) is 0 Å². The summed E-state index contributed by atoms with van der Waals surface area (Å²) in [6, 6.07) is 6.03. The molecule has 3 nitrogen and oxygen atoms in total. The minimum absolute atomic E-state index is 0.159. The number of aromatic nitrogens is 1. The number of rotatable bonds is 1. The first-order valence-electron chi connectivity index (χ1n) is 4.78. The molecule has 0 saturated carbocycles. The summed E-state index contributed by atoms with van der Waals surface area (Å²) in [7, 11) is 0. The minimum atomic E-state index is -0.934. The smallest absolute Gasteiger partial charge is 0.151 e. The molecular weight excluding hydrogens is 262 g/mol. The lowest BCUT2D eigenvalue weighted by Gasteiger charge is -2.07. The highest BCUT2D eigenvalue weighted by Crippen LogP contribution is 2.33. The SMILES string of the molecule is N#Cc1cc(F)c(-c2c(O)cccc2F)nc1Cl. The highest BCUT2D eigenvalue weighted by Gasteiger charge is 2.18. The maximum Gasteiger partial charge on any atom is 0.151 e. The van der Waals surface area contributed by atoms with Crippen LogP contribution in [0.5, 0.6) is 5.75 Å². The molecule has 0 aliphatic heterocycles. The first kappa shape index (κ1) is 12.3. The first-order chi connectivity index (χ1) is 8.54. The van der Waals surface area contributed by atoms with Gasteiger partial charge in [-0.3, -0.25) is 0 Å². The van der Waals surface area contributed by atoms with E-state index in [0.29, 0.717) is 0 Å². The van der Waals surface area contributed by atoms with Crippen molar-refractivity contribution in [1.29, 1.82) is 5.26 Å². The maximum atomic E-state index is 13.7. The molecule has 0 atom stereocenters. The van der Waals surface area contributed by atoms with Gasteiger partial charge >= 0.3 is 0 Å². The molecule has 1 heterocycles. The molecule has 0 aliphatic carbocycles. The Kier molecular flexibility index (Phi) is 3.13. The van der Waals surface area contributed by atoms with Gasteiger partial charge in [-0.1, -0.05) is 17.7 Å². The topological polar surface area (TPSA) is 56.9 Å². The van der Waals surface area contributed by atoms with E-state index in [4.69, 9.17) is 16.9 Å². The molecule has 6 heteroatoms. The second-order valence-electron chi connectivity index (χ2n) is 3.40. The largest absolute Gasteiger partial charge is 0.507 e. The number of halogens is 3. The molecule has 0 amide bonds. The molecule has 0 radical (unpaired) electrons. The Bertz CT molecular complexity index is 648. The van der Waals surface area contributed by atoms with Crippen LogP contribution < -0.4 is 0 Å². The van der Waals surface area contributed by atoms with Crippen molar-refractivity contribution in [3.8, 4) is 23.1 Å². The Morgan fingerprint density at radius 3 is 2.61 bits per heavy atom. The van der Waals surface area contributed by atoms with Crippen LogP contribution in [0.25, 0.3) is 11.3 Å². The van der Waals surface area contributed by atoms with Crippen molar-refractivity contribution in [2.24, 2.45) is 0 Å². The molecule has 2 rings (SSSR count). The molecule has 1 aromatic carbocycles. The second kappa shape index (κ2) is 4.59. The molecule has 2 aromatic rings. The molecule has 1 N–H and O–H groups in total. The van der Waals surface area contributed by atoms with E-state index >= 15 is 0 Å². The van der Waals surface area contributed by atoms with Crippen LogP contribution in [-0.4, -0.2) is 10.1 Å². The summed E-state index contributed by atoms with van der Waals surface area (Å²) in [5.41, 5.74) is -0.982. The summed E-state index contributed by atoms with van der Waals surface area (Å²) < 4.78 is 27.3. The summed E-state index contributed by atoms with van der Waals surface area (Å²) >= 11 is 5.65. The molecule has 18 heavy (non-hydrogen) atoms. The van der Waals surface area contributed by atoms with E-state index < -0.39 is 23.1 Å². The van der Waals surface area contributed by atoms with E-state index in [1.165, 1.54) is 12.1 Å². The van der Waals surface area contributed by atoms with Gasteiger partial charge in [0.25, 0.3) is 0 Å². The molecule has 0 bridgehead atoms. The van der Waals surface area contributed by atoms with Crippen LogP contribution in [0.2, 0.25) is 5.15 Å². The lowest BCUT2D eigenvalue weighted by atomic mass is 10.1. The lowest BCUT2D eigenvalue weighted by Crippen LogP contribution is -1.96. The zero-order valence-corrected chi connectivity index (χ0v) is 9.54. The predicted molar refractivity (Wildman–Crippen MR) is 61.0 cm³/mol. The van der Waals surface area contributed by atoms with Crippen molar-refractivity contribution < 1.29 is 13.9 Å². The number of nitriles is 1. The summed E-state index contributed by atoms with van der Waals surface area (Å²) in [5.74, 6) is -2.22. The zero-order chi connectivity index (χ0) is 13.3. The van der Waals surface area contributed by atoms with E-state index in [-0.39, 0.29) is 16.3 Å². The van der Waals surface area contributed by atoms with Crippen molar-refractivity contribution in [1.82, 2.24) is 4.98 Å². The van der Waals surface area contributed by atoms with Gasteiger partial charge in [0.05, 0.1) is 11.1 Å². The van der Waals surface area contributed by atoms with Gasteiger partial charge in [-0.15, -0.1) is 0 Å². The third-order valence-corrected chi connectivity index (χ3v) is 2.57. The van der Waals surface area contributed by atoms with Crippen LogP contribution in [0.15, 0.2) is 24.3 Å². The Morgan fingerprint density at radius 1 is 1.28 bits per heavy atom. The number of hydrogen-bond acceptors (Lipinski definition) is 3. The summed E-state index contributed by atoms with van der Waals surface area (Å²) in [4.78, 5) is 3.60. The Morgan fingerprint density at radius 2 is 2.00 bits per heavy atom. The normalized spacial score (nSPS) is 10.1. The Hall–Kier alpha value is -2.19. The van der Waals surface area contributed by atoms with E-state index in [0.717, 1.165) is 12.1 Å². The third kappa shape index (κ3) is 1.98. The zero-order valence-electron chi connectivity index (χ0n) is 8.78. The average molecular weight is 267 g/mol. The molecule has 0 saturated heterocycles. The number of phenols is 1. The molecule has 90 valence electrons. The average Bonchev–Trinajstić information content (AvgIpc) is 2.32. The van der Waals surface area contributed by atoms with Gasteiger partial charge < -0.3 is 5.11 Å². The van der Waals surface area contributed by atoms with Crippen molar-refractivity contribution >= 4 is 11.6 Å². The summed E-state index contributed by atoms with van der Waals surface area (Å²) in [6.45, 7) is 0. The van der Waals surface area contributed by atoms with Crippen LogP contribution in [0.3, 0.4) is 0 Å². The fourth-order valence-electron chi connectivity index (χ4n) is 1.47. The van der Waals surface area contributed by atoms with Gasteiger partial charge in [-0.2, -0.15) is 5.26 Å². The van der Waals surface area contributed by atoms with Crippen molar-refractivity contribution in [3.63, 3.8) is 0 Å². The van der Waals surface area contributed by atoms with E-state index in [1.54, 1.807) is 6.07 Å². The molecule has 1 aromatic heterocycles. The number of nitrogens with zero attached hydrogens (tertiary/aromatic N) is 2. The highest BCUT2D eigenvalue weighted by atomic mass is 35.5. The van der Waals surface area contributed by atoms with Gasteiger partial charge in [0.2, 0.25) is 0 Å². The van der Waals surface area contributed by atoms with Crippen LogP contribution >= 0.6 is 11.6 Å². The predicted octanol–water partition coefficient (Wildman–Crippen LogP) is 3.26. The number of phenolic OH excluding ortho intramolecular Hbond substituents is 1. The van der Waals surface area contributed by atoms with Gasteiger partial charge in [-0.05, 0) is 18.2 Å². The molecular formula is C12H5ClF2N2O. The molecule has 0 spiro atoms. The van der Waals surface area contributed by atoms with Crippen molar-refractivity contribution in [2.45, 2.75) is 0 Å². The van der Waals surface area contributed by atoms with Gasteiger partial charge in [0.15, 0.2) is 5.82 Å². The maximum absolute atomic E-state index is 13.7. The van der Waals surface area contributed by atoms with Crippen molar-refractivity contribution in [2.75, 3.05) is 0 Å². The van der Waals surface area contributed by atoms with E-state index in [9.17, 15) is 13.9 Å². The van der Waals surface area contributed by atoms with Crippen LogP contribution in [-0.2, 0) is 0 Å². The standard InChI is InChI=1S/C12H5ClF2N2O/c13-12-6(5-16)4-8(15)11(17-12)10-7(14)2-1-3-9(10)18/h1-4,18H.